The van der Waals surface area contributed by atoms with E-state index in [-0.39, 0.29) is 17.4 Å². The first kappa shape index (κ1) is 16.8. The van der Waals surface area contributed by atoms with Gasteiger partial charge in [-0.1, -0.05) is 13.8 Å². The van der Waals surface area contributed by atoms with E-state index < -0.39 is 0 Å². The molecule has 1 heterocycles. The molecule has 0 unspecified atom stereocenters. The molecule has 2 rings (SSSR count). The highest BCUT2D eigenvalue weighted by molar-refractivity contribution is 5.94. The van der Waals surface area contributed by atoms with Crippen molar-refractivity contribution in [3.05, 3.63) is 24.3 Å². The van der Waals surface area contributed by atoms with Crippen LogP contribution < -0.4 is 10.1 Å². The Kier molecular flexibility index (Phi) is 5.42. The van der Waals surface area contributed by atoms with Crippen LogP contribution in [0.4, 0.5) is 5.69 Å². The quantitative estimate of drug-likeness (QED) is 0.840. The maximum absolute atomic E-state index is 12.5. The molecule has 1 aliphatic heterocycles. The van der Waals surface area contributed by atoms with Gasteiger partial charge in [-0.25, -0.2) is 0 Å². The summed E-state index contributed by atoms with van der Waals surface area (Å²) in [6.07, 6.45) is 0.773. The number of nitrogens with one attached hydrogen (secondary N) is 1. The Morgan fingerprint density at radius 3 is 2.50 bits per heavy atom. The highest BCUT2D eigenvalue weighted by Gasteiger charge is 2.36. The van der Waals surface area contributed by atoms with Crippen LogP contribution in [0.2, 0.25) is 0 Å². The van der Waals surface area contributed by atoms with E-state index in [9.17, 15) is 4.79 Å². The van der Waals surface area contributed by atoms with Crippen molar-refractivity contribution in [1.29, 1.82) is 0 Å². The molecule has 0 aromatic heterocycles. The third kappa shape index (κ3) is 3.99. The van der Waals surface area contributed by atoms with Crippen LogP contribution in [0.5, 0.6) is 5.75 Å². The summed E-state index contributed by atoms with van der Waals surface area (Å²) < 4.78 is 10.4. The van der Waals surface area contributed by atoms with Crippen LogP contribution in [0.15, 0.2) is 24.3 Å². The second-order valence-electron chi connectivity index (χ2n) is 6.36. The largest absolute Gasteiger partial charge is 0.497 e. The van der Waals surface area contributed by atoms with Gasteiger partial charge in [0, 0.05) is 17.6 Å². The number of nitrogens with zero attached hydrogens (tertiary/aromatic N) is 1. The van der Waals surface area contributed by atoms with Crippen molar-refractivity contribution < 1.29 is 14.3 Å². The molecule has 0 bridgehead atoms. The van der Waals surface area contributed by atoms with Crippen molar-refractivity contribution in [1.82, 2.24) is 4.90 Å². The molecular formula is C17H26N2O3. The molecule has 122 valence electrons. The molecule has 1 saturated heterocycles. The Balaban J connectivity index is 1.95. The Morgan fingerprint density at radius 2 is 2.05 bits per heavy atom. The molecule has 0 saturated carbocycles. The van der Waals surface area contributed by atoms with Gasteiger partial charge in [-0.3, -0.25) is 9.69 Å². The van der Waals surface area contributed by atoms with Gasteiger partial charge in [0.15, 0.2) is 0 Å². The molecular weight excluding hydrogens is 280 g/mol. The van der Waals surface area contributed by atoms with Gasteiger partial charge in [-0.2, -0.15) is 0 Å². The van der Waals surface area contributed by atoms with Gasteiger partial charge < -0.3 is 14.8 Å². The van der Waals surface area contributed by atoms with E-state index in [1.807, 2.05) is 38.2 Å². The number of anilines is 1. The standard InChI is InChI=1S/C17H26N2O3/c1-5-15(19(3)10-17(2)11-22-12-17)16(20)18-13-6-8-14(21-4)9-7-13/h6-9,15H,5,10-12H2,1-4H3,(H,18,20)/t15-/m1/s1. The number of rotatable bonds is 7. The lowest BCUT2D eigenvalue weighted by molar-refractivity contribution is -0.130. The summed E-state index contributed by atoms with van der Waals surface area (Å²) in [7, 11) is 3.63. The molecule has 0 radical (unpaired) electrons. The second-order valence-corrected chi connectivity index (χ2v) is 6.36. The summed E-state index contributed by atoms with van der Waals surface area (Å²) in [4.78, 5) is 14.6. The van der Waals surface area contributed by atoms with E-state index in [1.165, 1.54) is 0 Å². The lowest BCUT2D eigenvalue weighted by Gasteiger charge is -2.42. The summed E-state index contributed by atoms with van der Waals surface area (Å²) in [6.45, 7) is 6.64. The number of amides is 1. The molecule has 1 aromatic carbocycles. The fourth-order valence-electron chi connectivity index (χ4n) is 2.85. The maximum atomic E-state index is 12.5. The number of benzene rings is 1. The zero-order valence-corrected chi connectivity index (χ0v) is 13.9. The van der Waals surface area contributed by atoms with Gasteiger partial charge in [-0.15, -0.1) is 0 Å². The number of methoxy groups -OCH3 is 1. The minimum Gasteiger partial charge on any atom is -0.497 e. The molecule has 22 heavy (non-hydrogen) atoms. The molecule has 1 aromatic rings. The number of ether oxygens (including phenoxy) is 2. The van der Waals surface area contributed by atoms with Gasteiger partial charge in [0.1, 0.15) is 5.75 Å². The van der Waals surface area contributed by atoms with Gasteiger partial charge in [0.25, 0.3) is 0 Å². The van der Waals surface area contributed by atoms with Crippen LogP contribution >= 0.6 is 0 Å². The van der Waals surface area contributed by atoms with Gasteiger partial charge >= 0.3 is 0 Å². The Labute approximate surface area is 132 Å². The molecule has 0 aliphatic carbocycles. The van der Waals surface area contributed by atoms with Gasteiger partial charge in [0.05, 0.1) is 26.4 Å². The van der Waals surface area contributed by atoms with Crippen molar-refractivity contribution in [2.45, 2.75) is 26.3 Å². The second kappa shape index (κ2) is 7.11. The minimum absolute atomic E-state index is 0.0269. The number of carbonyl (C=O) groups excluding carboxylic acids is 1. The molecule has 1 aliphatic rings. The van der Waals surface area contributed by atoms with Crippen LogP contribution in [0.1, 0.15) is 20.3 Å². The van der Waals surface area contributed by atoms with Gasteiger partial charge in [0.2, 0.25) is 5.91 Å². The smallest absolute Gasteiger partial charge is 0.241 e. The van der Waals surface area contributed by atoms with Crippen LogP contribution in [0.25, 0.3) is 0 Å². The number of hydrogen-bond acceptors (Lipinski definition) is 4. The van der Waals surface area contributed by atoms with Crippen molar-refractivity contribution in [2.75, 3.05) is 39.2 Å². The summed E-state index contributed by atoms with van der Waals surface area (Å²) in [6, 6.07) is 7.24. The number of carbonyl (C=O) groups is 1. The molecule has 1 amide bonds. The number of likely N-dealkylation sites (N-methyl/N-ethyl adjacent to an activating group) is 1. The van der Waals surface area contributed by atoms with Crippen molar-refractivity contribution in [2.24, 2.45) is 5.41 Å². The Bertz CT molecular complexity index is 497. The first-order chi connectivity index (χ1) is 10.5. The minimum atomic E-state index is -0.139. The van der Waals surface area contributed by atoms with E-state index in [0.29, 0.717) is 0 Å². The predicted molar refractivity (Wildman–Crippen MR) is 87.3 cm³/mol. The SMILES string of the molecule is CC[C@H](C(=O)Nc1ccc(OC)cc1)N(C)CC1(C)COC1. The molecule has 1 fully saturated rings. The highest BCUT2D eigenvalue weighted by atomic mass is 16.5. The lowest BCUT2D eigenvalue weighted by Crippen LogP contribution is -2.52. The zero-order chi connectivity index (χ0) is 16.2. The van der Waals surface area contributed by atoms with E-state index in [0.717, 1.165) is 37.6 Å². The van der Waals surface area contributed by atoms with E-state index in [1.54, 1.807) is 7.11 Å². The Morgan fingerprint density at radius 1 is 1.41 bits per heavy atom. The highest BCUT2D eigenvalue weighted by Crippen LogP contribution is 2.28. The van der Waals surface area contributed by atoms with E-state index in [2.05, 4.69) is 17.1 Å². The van der Waals surface area contributed by atoms with Crippen LogP contribution in [-0.2, 0) is 9.53 Å². The van der Waals surface area contributed by atoms with Crippen LogP contribution in [0.3, 0.4) is 0 Å². The average Bonchev–Trinajstić information content (AvgIpc) is 2.47. The van der Waals surface area contributed by atoms with Crippen LogP contribution in [0, 0.1) is 5.41 Å². The summed E-state index contributed by atoms with van der Waals surface area (Å²) >= 11 is 0. The molecule has 5 heteroatoms. The van der Waals surface area contributed by atoms with E-state index >= 15 is 0 Å². The van der Waals surface area contributed by atoms with Crippen molar-refractivity contribution >= 4 is 11.6 Å². The first-order valence-electron chi connectivity index (χ1n) is 7.70. The summed E-state index contributed by atoms with van der Waals surface area (Å²) in [5.41, 5.74) is 0.957. The van der Waals surface area contributed by atoms with E-state index in [4.69, 9.17) is 9.47 Å². The first-order valence-corrected chi connectivity index (χ1v) is 7.70. The summed E-state index contributed by atoms with van der Waals surface area (Å²) in [5.74, 6) is 0.805. The molecule has 1 atom stereocenters. The fraction of sp³-hybridized carbons (Fsp3) is 0.588. The monoisotopic (exact) mass is 306 g/mol. The fourth-order valence-corrected chi connectivity index (χ4v) is 2.85. The molecule has 1 N–H and O–H groups in total. The topological polar surface area (TPSA) is 50.8 Å². The molecule has 0 spiro atoms. The Hall–Kier alpha value is -1.59. The maximum Gasteiger partial charge on any atom is 0.241 e. The lowest BCUT2D eigenvalue weighted by atomic mass is 9.87. The third-order valence-electron chi connectivity index (χ3n) is 4.11. The van der Waals surface area contributed by atoms with Crippen LogP contribution in [-0.4, -0.2) is 50.8 Å². The van der Waals surface area contributed by atoms with Crippen molar-refractivity contribution in [3.63, 3.8) is 0 Å². The van der Waals surface area contributed by atoms with Gasteiger partial charge in [-0.05, 0) is 37.7 Å². The third-order valence-corrected chi connectivity index (χ3v) is 4.11. The number of hydrogen-bond donors (Lipinski definition) is 1. The zero-order valence-electron chi connectivity index (χ0n) is 13.9. The predicted octanol–water partition coefficient (Wildman–Crippen LogP) is 2.38. The average molecular weight is 306 g/mol. The molecule has 5 nitrogen and oxygen atoms in total. The van der Waals surface area contributed by atoms with Crippen molar-refractivity contribution in [3.8, 4) is 5.75 Å². The summed E-state index contributed by atoms with van der Waals surface area (Å²) in [5, 5.41) is 2.98. The normalized spacial score (nSPS) is 17.7.